The molecule has 1 saturated carbocycles. The topological polar surface area (TPSA) is 65.2 Å². The van der Waals surface area contributed by atoms with E-state index in [0.717, 1.165) is 12.8 Å². The highest BCUT2D eigenvalue weighted by molar-refractivity contribution is 6.06. The number of hydrogen-bond donors (Lipinski definition) is 1. The average molecular weight is 192 g/mol. The van der Waals surface area contributed by atoms with Crippen molar-refractivity contribution in [3.05, 3.63) is 24.0 Å². The molecule has 2 N–H and O–H groups in total. The molecule has 0 aromatic carbocycles. The van der Waals surface area contributed by atoms with E-state index in [1.165, 1.54) is 13.3 Å². The molecule has 4 heteroatoms. The number of ether oxygens (including phenoxy) is 1. The highest BCUT2D eigenvalue weighted by Crippen LogP contribution is 2.37. The van der Waals surface area contributed by atoms with Gasteiger partial charge in [-0.2, -0.15) is 0 Å². The number of pyridine rings is 1. The molecule has 4 nitrogen and oxygen atoms in total. The minimum Gasteiger partial charge on any atom is -0.496 e. The maximum Gasteiger partial charge on any atom is 0.187 e. The van der Waals surface area contributed by atoms with Crippen LogP contribution in [0, 0.1) is 0 Å². The van der Waals surface area contributed by atoms with E-state index in [0.29, 0.717) is 11.3 Å². The molecular weight excluding hydrogens is 180 g/mol. The summed E-state index contributed by atoms with van der Waals surface area (Å²) >= 11 is 0. The number of carbonyl (C=O) groups excluding carboxylic acids is 1. The van der Waals surface area contributed by atoms with E-state index < -0.39 is 5.54 Å². The van der Waals surface area contributed by atoms with Gasteiger partial charge in [0.2, 0.25) is 0 Å². The number of hydrogen-bond acceptors (Lipinski definition) is 4. The van der Waals surface area contributed by atoms with Crippen LogP contribution in [-0.2, 0) is 0 Å². The van der Waals surface area contributed by atoms with Gasteiger partial charge in [-0.05, 0) is 18.9 Å². The Morgan fingerprint density at radius 2 is 2.36 bits per heavy atom. The first kappa shape index (κ1) is 9.15. The predicted molar refractivity (Wildman–Crippen MR) is 51.3 cm³/mol. The Morgan fingerprint density at radius 3 is 2.93 bits per heavy atom. The molecule has 2 rings (SSSR count). The minimum atomic E-state index is -0.656. The molecule has 1 aliphatic carbocycles. The monoisotopic (exact) mass is 192 g/mol. The molecule has 0 atom stereocenters. The third-order valence-electron chi connectivity index (χ3n) is 2.49. The quantitative estimate of drug-likeness (QED) is 0.718. The Balaban J connectivity index is 2.35. The summed E-state index contributed by atoms with van der Waals surface area (Å²) in [6.07, 6.45) is 4.60. The first-order valence-electron chi connectivity index (χ1n) is 4.49. The molecule has 14 heavy (non-hydrogen) atoms. The lowest BCUT2D eigenvalue weighted by Crippen LogP contribution is -2.33. The van der Waals surface area contributed by atoms with Crippen molar-refractivity contribution in [1.29, 1.82) is 0 Å². The average Bonchev–Trinajstić information content (AvgIpc) is 2.97. The molecule has 1 heterocycles. The van der Waals surface area contributed by atoms with Crippen LogP contribution in [0.1, 0.15) is 23.2 Å². The second kappa shape index (κ2) is 3.06. The summed E-state index contributed by atoms with van der Waals surface area (Å²) in [5.41, 5.74) is 5.64. The van der Waals surface area contributed by atoms with Crippen molar-refractivity contribution in [3.63, 3.8) is 0 Å². The number of rotatable bonds is 3. The first-order valence-corrected chi connectivity index (χ1v) is 4.49. The summed E-state index contributed by atoms with van der Waals surface area (Å²) in [6, 6.07) is 1.67. The van der Waals surface area contributed by atoms with Crippen molar-refractivity contribution in [3.8, 4) is 5.75 Å². The van der Waals surface area contributed by atoms with Gasteiger partial charge in [0.25, 0.3) is 0 Å². The number of nitrogens with two attached hydrogens (primary N) is 1. The summed E-state index contributed by atoms with van der Waals surface area (Å²) in [4.78, 5) is 15.8. The third kappa shape index (κ3) is 1.37. The molecule has 74 valence electrons. The van der Waals surface area contributed by atoms with Gasteiger partial charge in [-0.1, -0.05) is 0 Å². The molecule has 1 aromatic rings. The Morgan fingerprint density at radius 1 is 1.64 bits per heavy atom. The molecule has 0 saturated heterocycles. The van der Waals surface area contributed by atoms with Crippen LogP contribution in [0.15, 0.2) is 18.5 Å². The lowest BCUT2D eigenvalue weighted by Gasteiger charge is -2.10. The SMILES string of the molecule is COc1ccncc1C(=O)C1(N)CC1. The number of nitrogens with zero attached hydrogens (tertiary/aromatic N) is 1. The van der Waals surface area contributed by atoms with Crippen molar-refractivity contribution in [1.82, 2.24) is 4.98 Å². The van der Waals surface area contributed by atoms with Gasteiger partial charge in [0.05, 0.1) is 18.2 Å². The lowest BCUT2D eigenvalue weighted by molar-refractivity contribution is 0.0946. The second-order valence-corrected chi connectivity index (χ2v) is 3.56. The van der Waals surface area contributed by atoms with Crippen LogP contribution in [0.3, 0.4) is 0 Å². The Labute approximate surface area is 82.1 Å². The van der Waals surface area contributed by atoms with Crippen molar-refractivity contribution in [2.24, 2.45) is 5.73 Å². The molecule has 0 spiro atoms. The van der Waals surface area contributed by atoms with Crippen molar-refractivity contribution >= 4 is 5.78 Å². The standard InChI is InChI=1S/C10H12N2O2/c1-14-8-2-5-12-6-7(8)9(13)10(11)3-4-10/h2,5-6H,3-4,11H2,1H3. The van der Waals surface area contributed by atoms with Crippen LogP contribution in [0.4, 0.5) is 0 Å². The summed E-state index contributed by atoms with van der Waals surface area (Å²) in [5.74, 6) is 0.476. The fourth-order valence-electron chi connectivity index (χ4n) is 1.36. The predicted octanol–water partition coefficient (Wildman–Crippen LogP) is 0.764. The fourth-order valence-corrected chi connectivity index (χ4v) is 1.36. The number of Topliss-reactive ketones (excluding diaryl/α,β-unsaturated/α-hetero) is 1. The Bertz CT molecular complexity index is 372. The summed E-state index contributed by atoms with van der Waals surface area (Å²) in [7, 11) is 1.53. The van der Waals surface area contributed by atoms with Gasteiger partial charge in [-0.15, -0.1) is 0 Å². The summed E-state index contributed by atoms with van der Waals surface area (Å²) in [6.45, 7) is 0. The molecular formula is C10H12N2O2. The number of methoxy groups -OCH3 is 1. The van der Waals surface area contributed by atoms with Crippen LogP contribution in [-0.4, -0.2) is 23.4 Å². The van der Waals surface area contributed by atoms with Crippen LogP contribution < -0.4 is 10.5 Å². The molecule has 1 fully saturated rings. The molecule has 0 amide bonds. The van der Waals surface area contributed by atoms with Crippen molar-refractivity contribution < 1.29 is 9.53 Å². The summed E-state index contributed by atoms with van der Waals surface area (Å²) in [5, 5.41) is 0. The normalized spacial score (nSPS) is 17.6. The second-order valence-electron chi connectivity index (χ2n) is 3.56. The van der Waals surface area contributed by atoms with Crippen LogP contribution in [0.25, 0.3) is 0 Å². The van der Waals surface area contributed by atoms with E-state index in [1.54, 1.807) is 12.3 Å². The Kier molecular flexibility index (Phi) is 2.00. The minimum absolute atomic E-state index is 0.0672. The number of carbonyl (C=O) groups is 1. The van der Waals surface area contributed by atoms with E-state index in [9.17, 15) is 4.79 Å². The summed E-state index contributed by atoms with van der Waals surface area (Å²) < 4.78 is 5.07. The Hall–Kier alpha value is -1.42. The number of aromatic nitrogens is 1. The molecule has 1 aromatic heterocycles. The van der Waals surface area contributed by atoms with Crippen LogP contribution >= 0.6 is 0 Å². The van der Waals surface area contributed by atoms with Gasteiger partial charge >= 0.3 is 0 Å². The first-order chi connectivity index (χ1) is 6.67. The van der Waals surface area contributed by atoms with Crippen molar-refractivity contribution in [2.45, 2.75) is 18.4 Å². The number of ketones is 1. The maximum absolute atomic E-state index is 11.9. The van der Waals surface area contributed by atoms with Gasteiger partial charge < -0.3 is 10.5 Å². The van der Waals surface area contributed by atoms with E-state index in [4.69, 9.17) is 10.5 Å². The lowest BCUT2D eigenvalue weighted by atomic mass is 10.0. The van der Waals surface area contributed by atoms with Gasteiger partial charge in [0.15, 0.2) is 5.78 Å². The van der Waals surface area contributed by atoms with Crippen LogP contribution in [0.5, 0.6) is 5.75 Å². The fraction of sp³-hybridized carbons (Fsp3) is 0.400. The highest BCUT2D eigenvalue weighted by atomic mass is 16.5. The van der Waals surface area contributed by atoms with E-state index in [1.807, 2.05) is 0 Å². The van der Waals surface area contributed by atoms with E-state index >= 15 is 0 Å². The molecule has 1 aliphatic rings. The zero-order chi connectivity index (χ0) is 10.2. The maximum atomic E-state index is 11.9. The zero-order valence-corrected chi connectivity index (χ0v) is 7.99. The highest BCUT2D eigenvalue weighted by Gasteiger charge is 2.46. The van der Waals surface area contributed by atoms with E-state index in [-0.39, 0.29) is 5.78 Å². The molecule has 0 bridgehead atoms. The zero-order valence-electron chi connectivity index (χ0n) is 7.99. The van der Waals surface area contributed by atoms with Crippen molar-refractivity contribution in [2.75, 3.05) is 7.11 Å². The smallest absolute Gasteiger partial charge is 0.187 e. The van der Waals surface area contributed by atoms with Gasteiger partial charge in [0, 0.05) is 12.4 Å². The van der Waals surface area contributed by atoms with Crippen LogP contribution in [0.2, 0.25) is 0 Å². The van der Waals surface area contributed by atoms with Gasteiger partial charge in [0.1, 0.15) is 5.75 Å². The van der Waals surface area contributed by atoms with Gasteiger partial charge in [-0.3, -0.25) is 9.78 Å². The third-order valence-corrected chi connectivity index (χ3v) is 2.49. The van der Waals surface area contributed by atoms with Gasteiger partial charge in [-0.25, -0.2) is 0 Å². The molecule has 0 unspecified atom stereocenters. The largest absolute Gasteiger partial charge is 0.496 e. The molecule has 0 aliphatic heterocycles. The molecule has 0 radical (unpaired) electrons. The van der Waals surface area contributed by atoms with E-state index in [2.05, 4.69) is 4.98 Å².